The van der Waals surface area contributed by atoms with Crippen molar-refractivity contribution < 1.29 is 4.39 Å². The Kier molecular flexibility index (Phi) is 3.16. The van der Waals surface area contributed by atoms with Crippen molar-refractivity contribution in [1.29, 1.82) is 0 Å². The Morgan fingerprint density at radius 2 is 2.00 bits per heavy atom. The molecular weight excluding hydrogens is 317 g/mol. The molecule has 0 bridgehead atoms. The topological polar surface area (TPSA) is 48.5 Å². The third-order valence-corrected chi connectivity index (χ3v) is 4.54. The Balaban J connectivity index is 1.58. The summed E-state index contributed by atoms with van der Waals surface area (Å²) in [5.74, 6) is 1.44. The lowest BCUT2D eigenvalue weighted by atomic mass is 10.2. The van der Waals surface area contributed by atoms with Gasteiger partial charge in [-0.05, 0) is 37.1 Å². The molecule has 0 saturated heterocycles. The minimum Gasteiger partial charge on any atom is -0.323 e. The summed E-state index contributed by atoms with van der Waals surface area (Å²) in [5.41, 5.74) is 2.61. The van der Waals surface area contributed by atoms with Gasteiger partial charge in [0, 0.05) is 30.2 Å². The lowest BCUT2D eigenvalue weighted by Gasteiger charge is -2.10. The fraction of sp³-hybridized carbons (Fsp3) is 0.211. The highest BCUT2D eigenvalue weighted by atomic mass is 19.1. The smallest absolute Gasteiger partial charge is 0.160 e. The fourth-order valence-corrected chi connectivity index (χ4v) is 3.28. The largest absolute Gasteiger partial charge is 0.323 e. The third kappa shape index (κ3) is 2.50. The predicted molar refractivity (Wildman–Crippen MR) is 92.5 cm³/mol. The number of halogens is 1. The van der Waals surface area contributed by atoms with Gasteiger partial charge in [-0.2, -0.15) is 0 Å². The van der Waals surface area contributed by atoms with Crippen molar-refractivity contribution in [2.24, 2.45) is 0 Å². The molecule has 25 heavy (non-hydrogen) atoms. The van der Waals surface area contributed by atoms with E-state index in [-0.39, 0.29) is 5.82 Å². The van der Waals surface area contributed by atoms with Crippen molar-refractivity contribution in [1.82, 2.24) is 24.1 Å². The van der Waals surface area contributed by atoms with Crippen molar-refractivity contribution >= 4 is 11.2 Å². The highest BCUT2D eigenvalue weighted by molar-refractivity contribution is 5.71. The third-order valence-electron chi connectivity index (χ3n) is 4.54. The quantitative estimate of drug-likeness (QED) is 0.570. The molecule has 0 amide bonds. The first-order valence-electron chi connectivity index (χ1n) is 8.38. The zero-order valence-corrected chi connectivity index (χ0v) is 13.5. The Labute approximate surface area is 143 Å². The molecule has 1 saturated carbocycles. The van der Waals surface area contributed by atoms with Gasteiger partial charge in [-0.1, -0.05) is 12.1 Å². The predicted octanol–water partition coefficient (Wildman–Crippen LogP) is 3.82. The lowest BCUT2D eigenvalue weighted by Crippen LogP contribution is -2.09. The number of imidazole rings is 2. The number of hydrogen-bond acceptors (Lipinski definition) is 3. The molecule has 0 N–H and O–H groups in total. The molecule has 5 rings (SSSR count). The summed E-state index contributed by atoms with van der Waals surface area (Å²) >= 11 is 0. The van der Waals surface area contributed by atoms with Crippen LogP contribution in [-0.4, -0.2) is 24.1 Å². The second-order valence-electron chi connectivity index (χ2n) is 6.36. The second kappa shape index (κ2) is 5.51. The highest BCUT2D eigenvalue weighted by Crippen LogP contribution is 2.38. The molecule has 4 aromatic rings. The summed E-state index contributed by atoms with van der Waals surface area (Å²) < 4.78 is 17.8. The summed E-state index contributed by atoms with van der Waals surface area (Å²) in [7, 11) is 0. The van der Waals surface area contributed by atoms with Gasteiger partial charge in [0.05, 0.1) is 6.54 Å². The first-order valence-corrected chi connectivity index (χ1v) is 8.38. The Hall–Kier alpha value is -3.02. The molecule has 0 aliphatic heterocycles. The van der Waals surface area contributed by atoms with E-state index in [1.54, 1.807) is 12.3 Å². The van der Waals surface area contributed by atoms with Crippen LogP contribution in [-0.2, 0) is 6.54 Å². The fourth-order valence-electron chi connectivity index (χ4n) is 3.28. The van der Waals surface area contributed by atoms with Crippen molar-refractivity contribution in [3.05, 3.63) is 66.6 Å². The van der Waals surface area contributed by atoms with Gasteiger partial charge in [-0.15, -0.1) is 0 Å². The molecule has 124 valence electrons. The van der Waals surface area contributed by atoms with Crippen LogP contribution in [0.2, 0.25) is 0 Å². The maximum Gasteiger partial charge on any atom is 0.160 e. The van der Waals surface area contributed by atoms with E-state index >= 15 is 0 Å². The van der Waals surface area contributed by atoms with Gasteiger partial charge in [-0.25, -0.2) is 19.3 Å². The van der Waals surface area contributed by atoms with Crippen molar-refractivity contribution in [2.75, 3.05) is 0 Å². The van der Waals surface area contributed by atoms with Gasteiger partial charge >= 0.3 is 0 Å². The van der Waals surface area contributed by atoms with E-state index in [0.29, 0.717) is 12.6 Å². The van der Waals surface area contributed by atoms with Crippen LogP contribution >= 0.6 is 0 Å². The molecule has 3 aromatic heterocycles. The van der Waals surface area contributed by atoms with E-state index in [1.165, 1.54) is 12.1 Å². The highest BCUT2D eigenvalue weighted by Gasteiger charge is 2.29. The van der Waals surface area contributed by atoms with Crippen molar-refractivity contribution in [3.8, 4) is 11.4 Å². The molecular formula is C19H16FN5. The molecule has 1 aromatic carbocycles. The van der Waals surface area contributed by atoms with Crippen LogP contribution in [0.3, 0.4) is 0 Å². The van der Waals surface area contributed by atoms with Crippen molar-refractivity contribution in [2.45, 2.75) is 25.4 Å². The molecule has 6 heteroatoms. The van der Waals surface area contributed by atoms with Crippen LogP contribution in [0.4, 0.5) is 4.39 Å². The van der Waals surface area contributed by atoms with Gasteiger partial charge < -0.3 is 9.13 Å². The average Bonchev–Trinajstić information content (AvgIpc) is 3.23. The van der Waals surface area contributed by atoms with Gasteiger partial charge in [0.25, 0.3) is 0 Å². The van der Waals surface area contributed by atoms with E-state index in [1.807, 2.05) is 35.2 Å². The first kappa shape index (κ1) is 14.3. The van der Waals surface area contributed by atoms with Crippen LogP contribution < -0.4 is 0 Å². The summed E-state index contributed by atoms with van der Waals surface area (Å²) in [5, 5.41) is 0. The van der Waals surface area contributed by atoms with E-state index in [4.69, 9.17) is 4.98 Å². The molecule has 5 nitrogen and oxygen atoms in total. The van der Waals surface area contributed by atoms with Crippen LogP contribution in [0.25, 0.3) is 22.6 Å². The summed E-state index contributed by atoms with van der Waals surface area (Å²) in [4.78, 5) is 13.7. The van der Waals surface area contributed by atoms with Crippen LogP contribution in [0, 0.1) is 5.82 Å². The number of pyridine rings is 1. The Morgan fingerprint density at radius 3 is 2.84 bits per heavy atom. The van der Waals surface area contributed by atoms with Crippen LogP contribution in [0.1, 0.15) is 24.7 Å². The number of benzene rings is 1. The monoisotopic (exact) mass is 333 g/mol. The molecule has 0 unspecified atom stereocenters. The maximum atomic E-state index is 13.6. The molecule has 1 aliphatic carbocycles. The number of rotatable bonds is 4. The SMILES string of the molecule is Fc1cccc(-c2nccn2Cc2nc3cccnc3n2C2CC2)c1. The van der Waals surface area contributed by atoms with Gasteiger partial charge in [0.2, 0.25) is 0 Å². The Morgan fingerprint density at radius 1 is 1.08 bits per heavy atom. The molecule has 1 aliphatic rings. The number of aromatic nitrogens is 5. The van der Waals surface area contributed by atoms with E-state index in [9.17, 15) is 4.39 Å². The van der Waals surface area contributed by atoms with E-state index < -0.39 is 0 Å². The first-order chi connectivity index (χ1) is 12.3. The van der Waals surface area contributed by atoms with Crippen LogP contribution in [0.15, 0.2) is 55.0 Å². The van der Waals surface area contributed by atoms with E-state index in [2.05, 4.69) is 14.5 Å². The lowest BCUT2D eigenvalue weighted by molar-refractivity contribution is 0.627. The summed E-state index contributed by atoms with van der Waals surface area (Å²) in [6.45, 7) is 0.582. The second-order valence-corrected chi connectivity index (χ2v) is 6.36. The minimum absolute atomic E-state index is 0.263. The zero-order valence-electron chi connectivity index (χ0n) is 13.5. The molecule has 3 heterocycles. The van der Waals surface area contributed by atoms with Gasteiger partial charge in [0.1, 0.15) is 23.0 Å². The standard InChI is InChI=1S/C19H16FN5/c20-14-4-1-3-13(11-14)18-22-9-10-24(18)12-17-23-16-5-2-8-21-19(16)25(17)15-6-7-15/h1-5,8-11,15H,6-7,12H2. The molecule has 1 fully saturated rings. The molecule has 0 atom stereocenters. The minimum atomic E-state index is -0.263. The van der Waals surface area contributed by atoms with Gasteiger partial charge in [0.15, 0.2) is 5.65 Å². The maximum absolute atomic E-state index is 13.6. The molecule has 0 spiro atoms. The average molecular weight is 333 g/mol. The van der Waals surface area contributed by atoms with E-state index in [0.717, 1.165) is 41.2 Å². The zero-order chi connectivity index (χ0) is 16.8. The van der Waals surface area contributed by atoms with Gasteiger partial charge in [-0.3, -0.25) is 0 Å². The van der Waals surface area contributed by atoms with Crippen molar-refractivity contribution in [3.63, 3.8) is 0 Å². The Bertz CT molecular complexity index is 1060. The normalized spacial score (nSPS) is 14.3. The number of nitrogens with zero attached hydrogens (tertiary/aromatic N) is 5. The summed E-state index contributed by atoms with van der Waals surface area (Å²) in [6.07, 6.45) is 7.78. The number of hydrogen-bond donors (Lipinski definition) is 0. The molecule has 0 radical (unpaired) electrons. The van der Waals surface area contributed by atoms with Crippen LogP contribution in [0.5, 0.6) is 0 Å². The number of fused-ring (bicyclic) bond motifs is 1. The summed E-state index contributed by atoms with van der Waals surface area (Å²) in [6, 6.07) is 10.9.